The van der Waals surface area contributed by atoms with E-state index in [0.29, 0.717) is 10.6 Å². The van der Waals surface area contributed by atoms with Crippen molar-refractivity contribution in [3.8, 4) is 16.3 Å². The third kappa shape index (κ3) is 5.93. The summed E-state index contributed by atoms with van der Waals surface area (Å²) in [4.78, 5) is 30.3. The van der Waals surface area contributed by atoms with Crippen molar-refractivity contribution in [3.63, 3.8) is 0 Å². The monoisotopic (exact) mass is 468 g/mol. The maximum absolute atomic E-state index is 14.5. The van der Waals surface area contributed by atoms with Crippen molar-refractivity contribution in [3.05, 3.63) is 34.8 Å². The third-order valence-electron chi connectivity index (χ3n) is 4.88. The van der Waals surface area contributed by atoms with Gasteiger partial charge in [0.25, 0.3) is 5.92 Å². The first-order chi connectivity index (χ1) is 14.8. The van der Waals surface area contributed by atoms with E-state index in [1.165, 1.54) is 28.4 Å². The minimum absolute atomic E-state index is 0.0314. The summed E-state index contributed by atoms with van der Waals surface area (Å²) in [6.45, 7) is 6.29. The SMILES string of the molecule is Cc1cnc(-c2cc(OCC3CN(C(=O)OC(C)(C)C)CCC3(F)F)cc(C(=O)O)c2)s1. The first kappa shape index (κ1) is 23.9. The summed E-state index contributed by atoms with van der Waals surface area (Å²) >= 11 is 1.39. The van der Waals surface area contributed by atoms with Crippen molar-refractivity contribution in [1.82, 2.24) is 9.88 Å². The van der Waals surface area contributed by atoms with E-state index < -0.39 is 35.9 Å². The van der Waals surface area contributed by atoms with Crippen LogP contribution in [-0.4, -0.2) is 58.3 Å². The van der Waals surface area contributed by atoms with E-state index in [1.807, 2.05) is 6.92 Å². The third-order valence-corrected chi connectivity index (χ3v) is 5.84. The Morgan fingerprint density at radius 2 is 2.03 bits per heavy atom. The van der Waals surface area contributed by atoms with Gasteiger partial charge in [-0.2, -0.15) is 0 Å². The molecule has 0 aliphatic carbocycles. The molecular formula is C22H26F2N2O5S. The quantitative estimate of drug-likeness (QED) is 0.658. The molecule has 1 aliphatic rings. The minimum atomic E-state index is -3.03. The molecule has 32 heavy (non-hydrogen) atoms. The summed E-state index contributed by atoms with van der Waals surface area (Å²) in [5.41, 5.74) is -0.231. The lowest BCUT2D eigenvalue weighted by Gasteiger charge is -2.38. The molecule has 1 fully saturated rings. The van der Waals surface area contributed by atoms with Gasteiger partial charge in [0.05, 0.1) is 18.1 Å². The number of carbonyl (C=O) groups excluding carboxylic acids is 1. The lowest BCUT2D eigenvalue weighted by molar-refractivity contribution is -0.115. The highest BCUT2D eigenvalue weighted by atomic mass is 32.1. The maximum Gasteiger partial charge on any atom is 0.410 e. The lowest BCUT2D eigenvalue weighted by Crippen LogP contribution is -2.52. The Kier molecular flexibility index (Phi) is 6.73. The Bertz CT molecular complexity index is 1000. The zero-order chi connectivity index (χ0) is 23.7. The number of rotatable bonds is 5. The van der Waals surface area contributed by atoms with Crippen LogP contribution in [0.3, 0.4) is 0 Å². The standard InChI is InChI=1S/C22H26F2N2O5S/c1-13-10-25-18(32-13)14-7-15(19(27)28)9-17(8-14)30-12-16-11-26(6-5-22(16,23)24)20(29)31-21(2,3)4/h7-10,16H,5-6,11-12H2,1-4H3,(H,27,28). The first-order valence-corrected chi connectivity index (χ1v) is 11.0. The molecular weight excluding hydrogens is 442 g/mol. The number of alkyl halides is 2. The van der Waals surface area contributed by atoms with Crippen molar-refractivity contribution in [2.75, 3.05) is 19.7 Å². The average molecular weight is 469 g/mol. The summed E-state index contributed by atoms with van der Waals surface area (Å²) in [5, 5.41) is 10.0. The number of aryl methyl sites for hydroxylation is 1. The largest absolute Gasteiger partial charge is 0.493 e. The molecule has 1 unspecified atom stereocenters. The van der Waals surface area contributed by atoms with E-state index >= 15 is 0 Å². The van der Waals surface area contributed by atoms with Crippen LogP contribution >= 0.6 is 11.3 Å². The molecule has 0 spiro atoms. The summed E-state index contributed by atoms with van der Waals surface area (Å²) < 4.78 is 40.0. The topological polar surface area (TPSA) is 89.0 Å². The smallest absolute Gasteiger partial charge is 0.410 e. The van der Waals surface area contributed by atoms with E-state index in [4.69, 9.17) is 9.47 Å². The number of nitrogens with zero attached hydrogens (tertiary/aromatic N) is 2. The number of carboxylic acid groups (broad SMARTS) is 1. The van der Waals surface area contributed by atoms with Gasteiger partial charge >= 0.3 is 12.1 Å². The van der Waals surface area contributed by atoms with Crippen LogP contribution in [0.1, 0.15) is 42.4 Å². The number of hydrogen-bond acceptors (Lipinski definition) is 6. The van der Waals surface area contributed by atoms with Gasteiger partial charge < -0.3 is 19.5 Å². The molecule has 1 saturated heterocycles. The molecule has 2 heterocycles. The van der Waals surface area contributed by atoms with Gasteiger partial charge in [0.15, 0.2) is 0 Å². The summed E-state index contributed by atoms with van der Waals surface area (Å²) in [6.07, 6.45) is 0.522. The van der Waals surface area contributed by atoms with E-state index in [-0.39, 0.29) is 31.0 Å². The van der Waals surface area contributed by atoms with Gasteiger partial charge in [0, 0.05) is 36.1 Å². The number of hydrogen-bond donors (Lipinski definition) is 1. The van der Waals surface area contributed by atoms with Crippen LogP contribution in [0.5, 0.6) is 5.75 Å². The van der Waals surface area contributed by atoms with Crippen molar-refractivity contribution in [1.29, 1.82) is 0 Å². The minimum Gasteiger partial charge on any atom is -0.493 e. The van der Waals surface area contributed by atoms with Gasteiger partial charge in [-0.15, -0.1) is 11.3 Å². The van der Waals surface area contributed by atoms with E-state index in [9.17, 15) is 23.5 Å². The van der Waals surface area contributed by atoms with Crippen LogP contribution < -0.4 is 4.74 Å². The van der Waals surface area contributed by atoms with Crippen molar-refractivity contribution in [2.24, 2.45) is 5.92 Å². The normalized spacial score (nSPS) is 18.3. The van der Waals surface area contributed by atoms with Crippen LogP contribution in [0.4, 0.5) is 13.6 Å². The Hall–Kier alpha value is -2.75. The van der Waals surface area contributed by atoms with Gasteiger partial charge in [-0.3, -0.25) is 0 Å². The highest BCUT2D eigenvalue weighted by Crippen LogP contribution is 2.35. The molecule has 1 atom stereocenters. The molecule has 0 saturated carbocycles. The summed E-state index contributed by atoms with van der Waals surface area (Å²) in [5.74, 6) is -5.30. The zero-order valence-electron chi connectivity index (χ0n) is 18.4. The number of likely N-dealkylation sites (tertiary alicyclic amines) is 1. The second-order valence-electron chi connectivity index (χ2n) is 8.77. The number of thiazole rings is 1. The zero-order valence-corrected chi connectivity index (χ0v) is 19.2. The van der Waals surface area contributed by atoms with Crippen molar-refractivity contribution in [2.45, 2.75) is 45.6 Å². The summed E-state index contributed by atoms with van der Waals surface area (Å²) in [7, 11) is 0. The molecule has 10 heteroatoms. The highest BCUT2D eigenvalue weighted by Gasteiger charge is 2.46. The van der Waals surface area contributed by atoms with Crippen LogP contribution in [0.15, 0.2) is 24.4 Å². The number of halogens is 2. The van der Waals surface area contributed by atoms with Crippen LogP contribution in [0, 0.1) is 12.8 Å². The van der Waals surface area contributed by atoms with Crippen LogP contribution in [0.2, 0.25) is 0 Å². The van der Waals surface area contributed by atoms with Crippen molar-refractivity contribution < 1.29 is 33.0 Å². The van der Waals surface area contributed by atoms with E-state index in [2.05, 4.69) is 4.98 Å². The fourth-order valence-electron chi connectivity index (χ4n) is 3.26. The molecule has 1 N–H and O–H groups in total. The number of ether oxygens (including phenoxy) is 2. The van der Waals surface area contributed by atoms with Crippen LogP contribution in [-0.2, 0) is 4.74 Å². The fraction of sp³-hybridized carbons (Fsp3) is 0.500. The molecule has 0 bridgehead atoms. The summed E-state index contributed by atoms with van der Waals surface area (Å²) in [6, 6.07) is 4.34. The maximum atomic E-state index is 14.5. The second-order valence-corrected chi connectivity index (χ2v) is 10.0. The molecule has 1 amide bonds. The Morgan fingerprint density at radius 1 is 1.31 bits per heavy atom. The Labute approximate surface area is 189 Å². The van der Waals surface area contributed by atoms with Gasteiger partial charge in [-0.1, -0.05) is 0 Å². The van der Waals surface area contributed by atoms with Gasteiger partial charge in [0.1, 0.15) is 16.4 Å². The number of aromatic nitrogens is 1. The van der Waals surface area contributed by atoms with Crippen LogP contribution in [0.25, 0.3) is 10.6 Å². The predicted octanol–water partition coefficient (Wildman–Crippen LogP) is 5.09. The predicted molar refractivity (Wildman–Crippen MR) is 116 cm³/mol. The highest BCUT2D eigenvalue weighted by molar-refractivity contribution is 7.14. The van der Waals surface area contributed by atoms with E-state index in [1.54, 1.807) is 33.0 Å². The van der Waals surface area contributed by atoms with Crippen molar-refractivity contribution >= 4 is 23.4 Å². The van der Waals surface area contributed by atoms with Gasteiger partial charge in [0.2, 0.25) is 0 Å². The molecule has 1 aromatic carbocycles. The number of piperidine rings is 1. The molecule has 174 valence electrons. The van der Waals surface area contributed by atoms with E-state index in [0.717, 1.165) is 4.88 Å². The first-order valence-electron chi connectivity index (χ1n) is 10.1. The molecule has 3 rings (SSSR count). The number of carboxylic acids is 1. The molecule has 2 aromatic rings. The molecule has 1 aromatic heterocycles. The molecule has 1 aliphatic heterocycles. The number of carbonyl (C=O) groups is 2. The lowest BCUT2D eigenvalue weighted by atomic mass is 9.94. The number of benzene rings is 1. The Balaban J connectivity index is 1.77. The molecule has 0 radical (unpaired) electrons. The average Bonchev–Trinajstić information content (AvgIpc) is 3.11. The number of aromatic carboxylic acids is 1. The molecule has 7 nitrogen and oxygen atoms in total. The fourth-order valence-corrected chi connectivity index (χ4v) is 4.01. The van der Waals surface area contributed by atoms with Gasteiger partial charge in [-0.25, -0.2) is 23.4 Å². The van der Waals surface area contributed by atoms with Gasteiger partial charge in [-0.05, 0) is 45.9 Å². The second kappa shape index (κ2) is 9.01. The Morgan fingerprint density at radius 3 is 2.62 bits per heavy atom. The number of amides is 1.